The summed E-state index contributed by atoms with van der Waals surface area (Å²) in [6.45, 7) is 1.81. The number of para-hydroxylation sites is 1. The fourth-order valence-electron chi connectivity index (χ4n) is 3.18. The van der Waals surface area contributed by atoms with Crippen LogP contribution in [0, 0.1) is 5.92 Å². The number of carbonyl (C=O) groups excluding carboxylic acids is 1. The van der Waals surface area contributed by atoms with Crippen LogP contribution < -0.4 is 4.74 Å². The van der Waals surface area contributed by atoms with Crippen LogP contribution >= 0.6 is 29.8 Å². The smallest absolute Gasteiger partial charge is 0.306 e. The molecule has 0 unspecified atom stereocenters. The van der Waals surface area contributed by atoms with Crippen molar-refractivity contribution in [1.82, 2.24) is 0 Å². The number of benzene rings is 1. The van der Waals surface area contributed by atoms with Gasteiger partial charge in [-0.2, -0.15) is 0 Å². The van der Waals surface area contributed by atoms with E-state index >= 15 is 0 Å². The van der Waals surface area contributed by atoms with Gasteiger partial charge in [0.05, 0.1) is 22.5 Å². The Morgan fingerprint density at radius 1 is 1.24 bits per heavy atom. The second-order valence-corrected chi connectivity index (χ2v) is 11.3. The van der Waals surface area contributed by atoms with Crippen LogP contribution in [0.2, 0.25) is 0 Å². The standard InChI is InChI=1S/C18H18Cl2O4S/c1-11-8-9-25(19,20)17(11)16(21)14-4-2-3-5-15(14)24-13-7-6-12(10-13)18(22)23/h2-5,8-9,12-13H,6-7,10H2,1H3,(H,22,23)/t12-,13-/m0/s1. The molecule has 1 aromatic carbocycles. The number of hydrogen-bond donors (Lipinski definition) is 1. The van der Waals surface area contributed by atoms with Crippen molar-refractivity contribution in [2.75, 3.05) is 0 Å². The molecule has 3 rings (SSSR count). The second-order valence-electron chi connectivity index (χ2n) is 6.24. The van der Waals surface area contributed by atoms with Crippen LogP contribution in [-0.2, 0) is 4.79 Å². The molecule has 0 amide bonds. The Kier molecular flexibility index (Phi) is 5.19. The monoisotopic (exact) mass is 400 g/mol. The van der Waals surface area contributed by atoms with E-state index in [-0.39, 0.29) is 17.8 Å². The van der Waals surface area contributed by atoms with Crippen LogP contribution in [0.15, 0.2) is 46.2 Å². The van der Waals surface area contributed by atoms with Crippen molar-refractivity contribution in [1.29, 1.82) is 0 Å². The van der Waals surface area contributed by atoms with Crippen molar-refractivity contribution in [3.63, 3.8) is 0 Å². The van der Waals surface area contributed by atoms with Crippen molar-refractivity contribution in [2.24, 2.45) is 5.92 Å². The predicted octanol–water partition coefficient (Wildman–Crippen LogP) is 5.41. The van der Waals surface area contributed by atoms with E-state index in [9.17, 15) is 9.59 Å². The van der Waals surface area contributed by atoms with Crippen LogP contribution in [0.1, 0.15) is 36.5 Å². The average Bonchev–Trinajstić information content (AvgIpc) is 3.12. The molecule has 0 radical (unpaired) electrons. The SMILES string of the molecule is CC1=C(C(=O)c2ccccc2O[C@H]2CC[C@H](C(=O)O)C2)S(Cl)(Cl)C=C1. The van der Waals surface area contributed by atoms with Gasteiger partial charge in [-0.1, -0.05) is 18.2 Å². The maximum absolute atomic E-state index is 13.0. The molecule has 0 aromatic heterocycles. The van der Waals surface area contributed by atoms with Crippen LogP contribution in [-0.4, -0.2) is 23.0 Å². The number of Topliss-reactive ketones (excluding diaryl/α,β-unsaturated/α-hetero) is 1. The largest absolute Gasteiger partial charge is 0.490 e. The average molecular weight is 401 g/mol. The summed E-state index contributed by atoms with van der Waals surface area (Å²) in [5, 5.41) is 10.8. The molecule has 0 bridgehead atoms. The number of halogens is 2. The summed E-state index contributed by atoms with van der Waals surface area (Å²) in [4.78, 5) is 24.5. The molecule has 4 nitrogen and oxygen atoms in total. The molecule has 0 saturated heterocycles. The number of allylic oxidation sites excluding steroid dienone is 3. The van der Waals surface area contributed by atoms with E-state index in [4.69, 9.17) is 31.2 Å². The Labute approximate surface area is 156 Å². The number of ether oxygens (including phenoxy) is 1. The summed E-state index contributed by atoms with van der Waals surface area (Å²) in [5.41, 5.74) is 1.16. The van der Waals surface area contributed by atoms with Crippen molar-refractivity contribution in [3.8, 4) is 5.75 Å². The second kappa shape index (κ2) is 7.06. The first-order chi connectivity index (χ1) is 11.8. The van der Waals surface area contributed by atoms with Crippen LogP contribution in [0.4, 0.5) is 0 Å². The lowest BCUT2D eigenvalue weighted by Crippen LogP contribution is -2.17. The highest BCUT2D eigenvalue weighted by Crippen LogP contribution is 2.70. The Morgan fingerprint density at radius 3 is 2.56 bits per heavy atom. The van der Waals surface area contributed by atoms with E-state index in [1.807, 2.05) is 0 Å². The third-order valence-electron chi connectivity index (χ3n) is 4.48. The molecule has 7 heteroatoms. The topological polar surface area (TPSA) is 63.6 Å². The first-order valence-corrected chi connectivity index (χ1v) is 11.3. The van der Waals surface area contributed by atoms with E-state index < -0.39 is 14.4 Å². The van der Waals surface area contributed by atoms with Crippen molar-refractivity contribution in [2.45, 2.75) is 32.3 Å². The maximum atomic E-state index is 13.0. The number of rotatable bonds is 5. The zero-order valence-corrected chi connectivity index (χ0v) is 15.9. The summed E-state index contributed by atoms with van der Waals surface area (Å²) in [5.74, 6) is -0.990. The molecule has 0 spiro atoms. The van der Waals surface area contributed by atoms with Gasteiger partial charge in [-0.25, -0.2) is 0 Å². The molecule has 1 N–H and O–H groups in total. The van der Waals surface area contributed by atoms with Crippen LogP contribution in [0.3, 0.4) is 0 Å². The number of carboxylic acid groups (broad SMARTS) is 1. The van der Waals surface area contributed by atoms with Gasteiger partial charge in [0, 0.05) is 0 Å². The Bertz CT molecular complexity index is 785. The molecule has 1 aromatic rings. The van der Waals surface area contributed by atoms with Gasteiger partial charge in [0.1, 0.15) is 5.75 Å². The van der Waals surface area contributed by atoms with Gasteiger partial charge in [-0.05, 0) is 79.1 Å². The van der Waals surface area contributed by atoms with E-state index in [2.05, 4.69) is 0 Å². The third kappa shape index (κ3) is 3.73. The number of aliphatic carboxylic acids is 1. The van der Waals surface area contributed by atoms with Gasteiger partial charge in [-0.15, -0.1) is 0 Å². The van der Waals surface area contributed by atoms with E-state index in [0.29, 0.717) is 35.5 Å². The molecule has 1 saturated carbocycles. The van der Waals surface area contributed by atoms with E-state index in [1.54, 1.807) is 42.7 Å². The Hall–Kier alpha value is -1.43. The molecule has 25 heavy (non-hydrogen) atoms. The predicted molar refractivity (Wildman–Crippen MR) is 101 cm³/mol. The summed E-state index contributed by atoms with van der Waals surface area (Å²) in [7, 11) is 10.4. The molecule has 2 aliphatic rings. The first kappa shape index (κ1) is 18.4. The van der Waals surface area contributed by atoms with Crippen LogP contribution in [0.5, 0.6) is 5.75 Å². The summed E-state index contributed by atoms with van der Waals surface area (Å²) >= 11 is 0. The van der Waals surface area contributed by atoms with Gasteiger partial charge < -0.3 is 9.84 Å². The lowest BCUT2D eigenvalue weighted by molar-refractivity contribution is -0.141. The quantitative estimate of drug-likeness (QED) is 0.670. The normalized spacial score (nSPS) is 25.9. The maximum Gasteiger partial charge on any atom is 0.306 e. The van der Waals surface area contributed by atoms with Crippen molar-refractivity contribution >= 4 is 41.6 Å². The molecular formula is C18H18Cl2O4S. The lowest BCUT2D eigenvalue weighted by atomic mass is 10.1. The third-order valence-corrected chi connectivity index (χ3v) is 7.56. The number of ketones is 1. The summed E-state index contributed by atoms with van der Waals surface area (Å²) in [6.07, 6.45) is 3.24. The number of hydrogen-bond acceptors (Lipinski definition) is 3. The van der Waals surface area contributed by atoms with E-state index in [0.717, 1.165) is 5.57 Å². The Balaban J connectivity index is 1.84. The Morgan fingerprint density at radius 2 is 1.96 bits per heavy atom. The molecule has 2 atom stereocenters. The zero-order chi connectivity index (χ0) is 18.2. The molecule has 1 aliphatic carbocycles. The molecule has 1 heterocycles. The zero-order valence-electron chi connectivity index (χ0n) is 13.6. The molecular weight excluding hydrogens is 383 g/mol. The van der Waals surface area contributed by atoms with Gasteiger partial charge in [0.2, 0.25) is 5.78 Å². The molecule has 1 aliphatic heterocycles. The van der Waals surface area contributed by atoms with Crippen molar-refractivity contribution in [3.05, 3.63) is 51.8 Å². The summed E-state index contributed by atoms with van der Waals surface area (Å²) in [6, 6.07) is 6.94. The molecule has 134 valence electrons. The highest BCUT2D eigenvalue weighted by Gasteiger charge is 2.35. The van der Waals surface area contributed by atoms with Gasteiger partial charge in [0.25, 0.3) is 0 Å². The minimum absolute atomic E-state index is 0.212. The highest BCUT2D eigenvalue weighted by molar-refractivity contribution is 8.70. The molecule has 1 fully saturated rings. The fourth-order valence-corrected chi connectivity index (χ4v) is 6.00. The first-order valence-electron chi connectivity index (χ1n) is 7.94. The number of carboxylic acids is 1. The fraction of sp³-hybridized carbons (Fsp3) is 0.333. The van der Waals surface area contributed by atoms with E-state index in [1.165, 1.54) is 0 Å². The minimum Gasteiger partial charge on any atom is -0.490 e. The highest BCUT2D eigenvalue weighted by atomic mass is 36.0. The summed E-state index contributed by atoms with van der Waals surface area (Å²) < 4.78 is 5.97. The minimum atomic E-state index is -2.29. The van der Waals surface area contributed by atoms with Gasteiger partial charge in [-0.3, -0.25) is 9.59 Å². The van der Waals surface area contributed by atoms with Crippen LogP contribution in [0.25, 0.3) is 0 Å². The van der Waals surface area contributed by atoms with Crippen molar-refractivity contribution < 1.29 is 19.4 Å². The van der Waals surface area contributed by atoms with Gasteiger partial charge in [0.15, 0.2) is 0 Å². The number of carbonyl (C=O) groups is 2. The lowest BCUT2D eigenvalue weighted by Gasteiger charge is -2.22. The van der Waals surface area contributed by atoms with Gasteiger partial charge >= 0.3 is 5.97 Å².